The predicted octanol–water partition coefficient (Wildman–Crippen LogP) is 1.72. The van der Waals surface area contributed by atoms with Gasteiger partial charge in [-0.05, 0) is 25.5 Å². The molecule has 5 heteroatoms. The van der Waals surface area contributed by atoms with Crippen LogP contribution in [0, 0.1) is 0 Å². The summed E-state index contributed by atoms with van der Waals surface area (Å²) >= 11 is 0. The molecule has 0 N–H and O–H groups in total. The Morgan fingerprint density at radius 3 is 2.81 bits per heavy atom. The number of amides is 1. The average molecular weight is 293 g/mol. The standard InChI is InChI=1S/C16H23NO4/c1-13(21-14-6-4-3-5-7-14)16(18)17-9-8-15(12-17)20-11-10-19-2/h3-7,13,15H,8-12H2,1-2H3/t13-,15-/m1/s1. The van der Waals surface area contributed by atoms with Gasteiger partial charge in [-0.3, -0.25) is 4.79 Å². The van der Waals surface area contributed by atoms with Gasteiger partial charge >= 0.3 is 0 Å². The lowest BCUT2D eigenvalue weighted by molar-refractivity contribution is -0.137. The molecule has 116 valence electrons. The van der Waals surface area contributed by atoms with E-state index in [-0.39, 0.29) is 12.0 Å². The van der Waals surface area contributed by atoms with Gasteiger partial charge in [-0.25, -0.2) is 0 Å². The monoisotopic (exact) mass is 293 g/mol. The largest absolute Gasteiger partial charge is 0.481 e. The Morgan fingerprint density at radius 1 is 1.33 bits per heavy atom. The highest BCUT2D eigenvalue weighted by atomic mass is 16.5. The Kier molecular flexibility index (Phi) is 6.02. The van der Waals surface area contributed by atoms with Gasteiger partial charge in [-0.15, -0.1) is 0 Å². The molecule has 1 aromatic rings. The van der Waals surface area contributed by atoms with E-state index < -0.39 is 6.10 Å². The highest BCUT2D eigenvalue weighted by molar-refractivity contribution is 5.81. The van der Waals surface area contributed by atoms with E-state index in [0.29, 0.717) is 25.5 Å². The lowest BCUT2D eigenvalue weighted by atomic mass is 10.3. The Morgan fingerprint density at radius 2 is 2.10 bits per heavy atom. The second-order valence-electron chi connectivity index (χ2n) is 5.13. The summed E-state index contributed by atoms with van der Waals surface area (Å²) in [6, 6.07) is 9.40. The van der Waals surface area contributed by atoms with E-state index in [9.17, 15) is 4.79 Å². The number of nitrogens with zero attached hydrogens (tertiary/aromatic N) is 1. The van der Waals surface area contributed by atoms with E-state index in [4.69, 9.17) is 14.2 Å². The number of carbonyl (C=O) groups is 1. The van der Waals surface area contributed by atoms with Crippen LogP contribution in [0.4, 0.5) is 0 Å². The molecule has 0 aromatic heterocycles. The molecule has 5 nitrogen and oxygen atoms in total. The summed E-state index contributed by atoms with van der Waals surface area (Å²) in [5.74, 6) is 0.724. The fourth-order valence-electron chi connectivity index (χ4n) is 2.37. The van der Waals surface area contributed by atoms with Gasteiger partial charge in [-0.1, -0.05) is 18.2 Å². The quantitative estimate of drug-likeness (QED) is 0.718. The fourth-order valence-corrected chi connectivity index (χ4v) is 2.37. The molecule has 1 aliphatic rings. The van der Waals surface area contributed by atoms with Gasteiger partial charge < -0.3 is 19.1 Å². The van der Waals surface area contributed by atoms with Crippen LogP contribution < -0.4 is 4.74 Å². The molecule has 0 saturated carbocycles. The molecular formula is C16H23NO4. The molecule has 21 heavy (non-hydrogen) atoms. The maximum Gasteiger partial charge on any atom is 0.263 e. The third kappa shape index (κ3) is 4.72. The molecular weight excluding hydrogens is 270 g/mol. The van der Waals surface area contributed by atoms with E-state index in [0.717, 1.165) is 13.0 Å². The number of ether oxygens (including phenoxy) is 3. The van der Waals surface area contributed by atoms with Crippen molar-refractivity contribution in [3.8, 4) is 5.75 Å². The topological polar surface area (TPSA) is 48.0 Å². The zero-order valence-electron chi connectivity index (χ0n) is 12.7. The molecule has 1 fully saturated rings. The number of hydrogen-bond donors (Lipinski definition) is 0. The Balaban J connectivity index is 1.78. The summed E-state index contributed by atoms with van der Waals surface area (Å²) in [5, 5.41) is 0. The number of likely N-dealkylation sites (tertiary alicyclic amines) is 1. The van der Waals surface area contributed by atoms with Crippen molar-refractivity contribution < 1.29 is 19.0 Å². The van der Waals surface area contributed by atoms with Gasteiger partial charge in [0.25, 0.3) is 5.91 Å². The summed E-state index contributed by atoms with van der Waals surface area (Å²) < 4.78 is 16.3. The molecule has 1 aliphatic heterocycles. The maximum atomic E-state index is 12.3. The minimum atomic E-state index is -0.481. The first-order chi connectivity index (χ1) is 10.2. The van der Waals surface area contributed by atoms with Crippen LogP contribution in [0.5, 0.6) is 5.75 Å². The normalized spacial score (nSPS) is 19.5. The smallest absolute Gasteiger partial charge is 0.263 e. The van der Waals surface area contributed by atoms with Crippen molar-refractivity contribution in [1.29, 1.82) is 0 Å². The van der Waals surface area contributed by atoms with E-state index >= 15 is 0 Å². The van der Waals surface area contributed by atoms with Crippen molar-refractivity contribution in [2.24, 2.45) is 0 Å². The van der Waals surface area contributed by atoms with Crippen molar-refractivity contribution in [2.75, 3.05) is 33.4 Å². The summed E-state index contributed by atoms with van der Waals surface area (Å²) in [6.07, 6.45) is 0.492. The van der Waals surface area contributed by atoms with Crippen LogP contribution in [0.25, 0.3) is 0 Å². The summed E-state index contributed by atoms with van der Waals surface area (Å²) in [5.41, 5.74) is 0. The van der Waals surface area contributed by atoms with Crippen LogP contribution in [0.1, 0.15) is 13.3 Å². The van der Waals surface area contributed by atoms with Gasteiger partial charge in [0.2, 0.25) is 0 Å². The molecule has 1 saturated heterocycles. The highest BCUT2D eigenvalue weighted by Crippen LogP contribution is 2.16. The second-order valence-corrected chi connectivity index (χ2v) is 5.13. The lowest BCUT2D eigenvalue weighted by Gasteiger charge is -2.21. The molecule has 1 aromatic carbocycles. The number of carbonyl (C=O) groups excluding carboxylic acids is 1. The minimum Gasteiger partial charge on any atom is -0.481 e. The van der Waals surface area contributed by atoms with Crippen molar-refractivity contribution in [1.82, 2.24) is 4.90 Å². The number of rotatable bonds is 7. The van der Waals surface area contributed by atoms with Crippen LogP contribution in [0.3, 0.4) is 0 Å². The van der Waals surface area contributed by atoms with Crippen LogP contribution >= 0.6 is 0 Å². The van der Waals surface area contributed by atoms with Gasteiger partial charge in [-0.2, -0.15) is 0 Å². The molecule has 0 radical (unpaired) electrons. The first kappa shape index (κ1) is 15.8. The van der Waals surface area contributed by atoms with Gasteiger partial charge in [0.1, 0.15) is 5.75 Å². The summed E-state index contributed by atoms with van der Waals surface area (Å²) in [7, 11) is 1.65. The van der Waals surface area contributed by atoms with Crippen LogP contribution in [0.15, 0.2) is 30.3 Å². The first-order valence-corrected chi connectivity index (χ1v) is 7.31. The van der Waals surface area contributed by atoms with Gasteiger partial charge in [0, 0.05) is 20.2 Å². The molecule has 0 unspecified atom stereocenters. The van der Waals surface area contributed by atoms with Crippen molar-refractivity contribution >= 4 is 5.91 Å². The molecule has 0 spiro atoms. The zero-order chi connectivity index (χ0) is 15.1. The van der Waals surface area contributed by atoms with E-state index in [1.807, 2.05) is 35.2 Å². The fraction of sp³-hybridized carbons (Fsp3) is 0.562. The van der Waals surface area contributed by atoms with Crippen molar-refractivity contribution in [3.63, 3.8) is 0 Å². The molecule has 0 bridgehead atoms. The Bertz CT molecular complexity index is 437. The molecule has 1 heterocycles. The molecule has 0 aliphatic carbocycles. The highest BCUT2D eigenvalue weighted by Gasteiger charge is 2.30. The predicted molar refractivity (Wildman–Crippen MR) is 79.3 cm³/mol. The summed E-state index contributed by atoms with van der Waals surface area (Å²) in [6.45, 7) is 4.29. The number of methoxy groups -OCH3 is 1. The molecule has 2 atom stereocenters. The van der Waals surface area contributed by atoms with Crippen LogP contribution in [0.2, 0.25) is 0 Å². The van der Waals surface area contributed by atoms with E-state index in [1.165, 1.54) is 0 Å². The van der Waals surface area contributed by atoms with Crippen LogP contribution in [-0.4, -0.2) is 56.4 Å². The van der Waals surface area contributed by atoms with E-state index in [1.54, 1.807) is 14.0 Å². The average Bonchev–Trinajstić information content (AvgIpc) is 2.96. The van der Waals surface area contributed by atoms with Crippen molar-refractivity contribution in [2.45, 2.75) is 25.6 Å². The summed E-state index contributed by atoms with van der Waals surface area (Å²) in [4.78, 5) is 14.2. The van der Waals surface area contributed by atoms with Crippen molar-refractivity contribution in [3.05, 3.63) is 30.3 Å². The Hall–Kier alpha value is -1.59. The number of hydrogen-bond acceptors (Lipinski definition) is 4. The second kappa shape index (κ2) is 8.00. The first-order valence-electron chi connectivity index (χ1n) is 7.31. The number of para-hydroxylation sites is 1. The lowest BCUT2D eigenvalue weighted by Crippen LogP contribution is -2.39. The minimum absolute atomic E-state index is 0.0108. The molecule has 1 amide bonds. The number of benzene rings is 1. The van der Waals surface area contributed by atoms with E-state index in [2.05, 4.69) is 0 Å². The van der Waals surface area contributed by atoms with Gasteiger partial charge in [0.05, 0.1) is 19.3 Å². The van der Waals surface area contributed by atoms with Gasteiger partial charge in [0.15, 0.2) is 6.10 Å². The zero-order valence-corrected chi connectivity index (χ0v) is 12.7. The Labute approximate surface area is 125 Å². The third-order valence-electron chi connectivity index (χ3n) is 3.50. The van der Waals surface area contributed by atoms with Crippen LogP contribution in [-0.2, 0) is 14.3 Å². The SMILES string of the molecule is COCCO[C@@H]1CCN(C(=O)[C@@H](C)Oc2ccccc2)C1. The third-order valence-corrected chi connectivity index (χ3v) is 3.50. The molecule has 2 rings (SSSR count). The maximum absolute atomic E-state index is 12.3.